The van der Waals surface area contributed by atoms with Crippen molar-refractivity contribution in [3.05, 3.63) is 29.3 Å². The highest BCUT2D eigenvalue weighted by molar-refractivity contribution is 5.79. The fourth-order valence-corrected chi connectivity index (χ4v) is 2.38. The van der Waals surface area contributed by atoms with Crippen molar-refractivity contribution in [2.75, 3.05) is 11.4 Å². The van der Waals surface area contributed by atoms with Crippen molar-refractivity contribution in [3.63, 3.8) is 0 Å². The fourth-order valence-electron chi connectivity index (χ4n) is 2.38. The fraction of sp³-hybridized carbons (Fsp3) is 0.385. The van der Waals surface area contributed by atoms with E-state index in [9.17, 15) is 23.1 Å². The first kappa shape index (κ1) is 15.1. The first-order valence-corrected chi connectivity index (χ1v) is 6.03. The lowest BCUT2D eigenvalue weighted by molar-refractivity contribution is -0.139. The van der Waals surface area contributed by atoms with Crippen molar-refractivity contribution >= 4 is 11.7 Å². The molecule has 1 saturated heterocycles. The molecule has 0 aliphatic carbocycles. The molecule has 1 aliphatic rings. The molecular weight excluding hydrogens is 289 g/mol. The molecule has 0 saturated carbocycles. The third-order valence-electron chi connectivity index (χ3n) is 3.32. The van der Waals surface area contributed by atoms with Gasteiger partial charge in [-0.3, -0.25) is 0 Å². The van der Waals surface area contributed by atoms with Gasteiger partial charge in [-0.05, 0) is 18.2 Å². The second kappa shape index (κ2) is 5.26. The average Bonchev–Trinajstić information content (AvgIpc) is 2.79. The third-order valence-corrected chi connectivity index (χ3v) is 3.32. The molecule has 21 heavy (non-hydrogen) atoms. The Labute approximate surface area is 117 Å². The smallest absolute Gasteiger partial charge is 0.417 e. The van der Waals surface area contributed by atoms with Gasteiger partial charge in [0, 0.05) is 18.7 Å². The number of carboxylic acid groups (broad SMARTS) is 1. The van der Waals surface area contributed by atoms with Crippen molar-refractivity contribution in [3.8, 4) is 6.07 Å². The molecule has 2 unspecified atom stereocenters. The van der Waals surface area contributed by atoms with Crippen LogP contribution in [-0.2, 0) is 11.0 Å². The molecule has 0 aromatic heterocycles. The van der Waals surface area contributed by atoms with Gasteiger partial charge in [-0.2, -0.15) is 18.4 Å². The van der Waals surface area contributed by atoms with Gasteiger partial charge in [-0.15, -0.1) is 0 Å². The van der Waals surface area contributed by atoms with Gasteiger partial charge < -0.3 is 15.1 Å². The highest BCUT2D eigenvalue weighted by Gasteiger charge is 2.38. The van der Waals surface area contributed by atoms with Crippen LogP contribution in [-0.4, -0.2) is 34.9 Å². The van der Waals surface area contributed by atoms with Crippen molar-refractivity contribution in [1.82, 2.24) is 0 Å². The van der Waals surface area contributed by atoms with Gasteiger partial charge in [0.2, 0.25) is 0 Å². The summed E-state index contributed by atoms with van der Waals surface area (Å²) in [5.41, 5.74) is -1.48. The first-order valence-electron chi connectivity index (χ1n) is 6.03. The predicted molar refractivity (Wildman–Crippen MR) is 65.6 cm³/mol. The Balaban J connectivity index is 2.42. The van der Waals surface area contributed by atoms with Crippen molar-refractivity contribution in [2.45, 2.75) is 24.7 Å². The van der Waals surface area contributed by atoms with Gasteiger partial charge >= 0.3 is 12.1 Å². The number of β-amino-alcohol motifs (C(OH)–C–C–N with tert-alkyl or cyclic N) is 1. The van der Waals surface area contributed by atoms with Gasteiger partial charge in [0.25, 0.3) is 0 Å². The van der Waals surface area contributed by atoms with Gasteiger partial charge in [0.05, 0.1) is 23.3 Å². The van der Waals surface area contributed by atoms with E-state index in [4.69, 9.17) is 10.4 Å². The average molecular weight is 300 g/mol. The van der Waals surface area contributed by atoms with E-state index in [1.807, 2.05) is 0 Å². The quantitative estimate of drug-likeness (QED) is 0.866. The topological polar surface area (TPSA) is 84.6 Å². The number of benzene rings is 1. The minimum Gasteiger partial charge on any atom is -0.480 e. The molecule has 0 spiro atoms. The summed E-state index contributed by atoms with van der Waals surface area (Å²) in [5, 5.41) is 27.5. The maximum atomic E-state index is 12.7. The zero-order chi connectivity index (χ0) is 15.8. The van der Waals surface area contributed by atoms with Crippen LogP contribution in [0.15, 0.2) is 18.2 Å². The Kier molecular flexibility index (Phi) is 3.78. The van der Waals surface area contributed by atoms with Crippen molar-refractivity contribution in [2.24, 2.45) is 0 Å². The molecule has 1 heterocycles. The van der Waals surface area contributed by atoms with Crippen LogP contribution in [0.25, 0.3) is 0 Å². The molecule has 0 radical (unpaired) electrons. The number of hydrogen-bond acceptors (Lipinski definition) is 4. The number of nitriles is 1. The van der Waals surface area contributed by atoms with E-state index < -0.39 is 35.4 Å². The Morgan fingerprint density at radius 3 is 2.62 bits per heavy atom. The molecule has 8 heteroatoms. The van der Waals surface area contributed by atoms with Gasteiger partial charge in [0.1, 0.15) is 6.04 Å². The summed E-state index contributed by atoms with van der Waals surface area (Å²) in [6.07, 6.45) is -5.54. The number of aliphatic hydroxyl groups excluding tert-OH is 1. The Bertz CT molecular complexity index is 610. The SMILES string of the molecule is N#Cc1cc(N2CC(O)CC2C(=O)O)ccc1C(F)(F)F. The molecule has 1 fully saturated rings. The summed E-state index contributed by atoms with van der Waals surface area (Å²) >= 11 is 0. The highest BCUT2D eigenvalue weighted by atomic mass is 19.4. The minimum absolute atomic E-state index is 0.00675. The van der Waals surface area contributed by atoms with Crippen LogP contribution in [0.3, 0.4) is 0 Å². The van der Waals surface area contributed by atoms with Gasteiger partial charge in [0.15, 0.2) is 0 Å². The molecule has 1 aromatic rings. The van der Waals surface area contributed by atoms with Gasteiger partial charge in [-0.1, -0.05) is 0 Å². The number of alkyl halides is 3. The summed E-state index contributed by atoms with van der Waals surface area (Å²) in [6, 6.07) is 3.29. The standard InChI is InChI=1S/C13H11F3N2O3/c14-13(15,16)10-2-1-8(3-7(10)5-17)18-6-9(19)4-11(18)12(20)21/h1-3,9,11,19H,4,6H2,(H,20,21). The van der Waals surface area contributed by atoms with E-state index in [1.54, 1.807) is 0 Å². The predicted octanol–water partition coefficient (Wildman–Crippen LogP) is 1.60. The van der Waals surface area contributed by atoms with Crippen LogP contribution >= 0.6 is 0 Å². The van der Waals surface area contributed by atoms with Crippen LogP contribution in [0, 0.1) is 11.3 Å². The number of anilines is 1. The Morgan fingerprint density at radius 2 is 2.10 bits per heavy atom. The number of hydrogen-bond donors (Lipinski definition) is 2. The molecule has 1 aliphatic heterocycles. The van der Waals surface area contributed by atoms with E-state index >= 15 is 0 Å². The summed E-state index contributed by atoms with van der Waals surface area (Å²) in [6.45, 7) is -0.00675. The Hall–Kier alpha value is -2.27. The third kappa shape index (κ3) is 2.92. The summed E-state index contributed by atoms with van der Waals surface area (Å²) < 4.78 is 38.1. The number of halogens is 3. The van der Waals surface area contributed by atoms with Crippen LogP contribution in [0.2, 0.25) is 0 Å². The summed E-state index contributed by atoms with van der Waals surface area (Å²) in [7, 11) is 0. The van der Waals surface area contributed by atoms with E-state index in [0.29, 0.717) is 0 Å². The molecule has 2 rings (SSSR count). The van der Waals surface area contributed by atoms with E-state index in [0.717, 1.165) is 18.2 Å². The molecule has 5 nitrogen and oxygen atoms in total. The molecule has 0 amide bonds. The van der Waals surface area contributed by atoms with Crippen LogP contribution in [0.1, 0.15) is 17.5 Å². The lowest BCUT2D eigenvalue weighted by Crippen LogP contribution is -2.36. The zero-order valence-electron chi connectivity index (χ0n) is 10.6. The number of rotatable bonds is 2. The summed E-state index contributed by atoms with van der Waals surface area (Å²) in [4.78, 5) is 12.4. The minimum atomic E-state index is -4.65. The first-order chi connectivity index (χ1) is 9.74. The molecular formula is C13H11F3N2O3. The number of nitrogens with zero attached hydrogens (tertiary/aromatic N) is 2. The number of carboxylic acids is 1. The summed E-state index contributed by atoms with van der Waals surface area (Å²) in [5.74, 6) is -1.18. The van der Waals surface area contributed by atoms with E-state index in [1.165, 1.54) is 11.0 Å². The van der Waals surface area contributed by atoms with Crippen LogP contribution in [0.4, 0.5) is 18.9 Å². The van der Waals surface area contributed by atoms with Crippen LogP contribution in [0.5, 0.6) is 0 Å². The second-order valence-corrected chi connectivity index (χ2v) is 4.74. The molecule has 2 atom stereocenters. The largest absolute Gasteiger partial charge is 0.480 e. The van der Waals surface area contributed by atoms with Crippen molar-refractivity contribution < 1.29 is 28.2 Å². The molecule has 112 valence electrons. The second-order valence-electron chi connectivity index (χ2n) is 4.74. The van der Waals surface area contributed by atoms with Gasteiger partial charge in [-0.25, -0.2) is 4.79 Å². The zero-order valence-corrected chi connectivity index (χ0v) is 10.6. The molecule has 1 aromatic carbocycles. The monoisotopic (exact) mass is 300 g/mol. The lowest BCUT2D eigenvalue weighted by atomic mass is 10.1. The lowest BCUT2D eigenvalue weighted by Gasteiger charge is -2.24. The molecule has 2 N–H and O–H groups in total. The van der Waals surface area contributed by atoms with Crippen molar-refractivity contribution in [1.29, 1.82) is 5.26 Å². The van der Waals surface area contributed by atoms with E-state index in [2.05, 4.69) is 0 Å². The highest BCUT2D eigenvalue weighted by Crippen LogP contribution is 2.35. The maximum Gasteiger partial charge on any atom is 0.417 e. The normalized spacial score (nSPS) is 22.1. The maximum absolute atomic E-state index is 12.7. The van der Waals surface area contributed by atoms with Crippen LogP contribution < -0.4 is 4.90 Å². The number of aliphatic carboxylic acids is 1. The Morgan fingerprint density at radius 1 is 1.43 bits per heavy atom. The number of aliphatic hydroxyl groups is 1. The number of carbonyl (C=O) groups is 1. The van der Waals surface area contributed by atoms with E-state index in [-0.39, 0.29) is 18.7 Å². The molecule has 0 bridgehead atoms.